The van der Waals surface area contributed by atoms with Gasteiger partial charge in [0.25, 0.3) is 0 Å². The summed E-state index contributed by atoms with van der Waals surface area (Å²) in [5.41, 5.74) is 0. The first-order valence-electron chi connectivity index (χ1n) is 19.6. The van der Waals surface area contributed by atoms with Gasteiger partial charge in [-0.15, -0.1) is 0 Å². The zero-order valence-electron chi connectivity index (χ0n) is 31.4. The molecular weight excluding hydrogens is 608 g/mol. The lowest BCUT2D eigenvalue weighted by Crippen LogP contribution is -2.28. The fourth-order valence-corrected chi connectivity index (χ4v) is 4.97. The topological polar surface area (TPSA) is 72.8 Å². The van der Waals surface area contributed by atoms with E-state index < -0.39 is 6.10 Å². The molecule has 0 bridgehead atoms. The Balaban J connectivity index is 3.64. The van der Waals surface area contributed by atoms with Gasteiger partial charge in [-0.05, 0) is 83.5 Å². The van der Waals surface area contributed by atoms with E-state index in [-0.39, 0.29) is 25.2 Å². The van der Waals surface area contributed by atoms with Crippen molar-refractivity contribution in [2.75, 3.05) is 13.2 Å². The second kappa shape index (κ2) is 39.5. The number of hydrogen-bond donors (Lipinski definition) is 1. The Morgan fingerprint density at radius 1 is 0.490 bits per heavy atom. The van der Waals surface area contributed by atoms with Gasteiger partial charge in [0, 0.05) is 12.8 Å². The van der Waals surface area contributed by atoms with Crippen LogP contribution in [0.2, 0.25) is 0 Å². The van der Waals surface area contributed by atoms with E-state index in [9.17, 15) is 14.7 Å². The lowest BCUT2D eigenvalue weighted by Gasteiger charge is -2.15. The number of hydrogen-bond acceptors (Lipinski definition) is 5. The zero-order chi connectivity index (χ0) is 35.7. The van der Waals surface area contributed by atoms with Crippen LogP contribution in [0.4, 0.5) is 0 Å². The second-order valence-electron chi connectivity index (χ2n) is 12.6. The fraction of sp³-hybridized carbons (Fsp3) is 0.636. The molecule has 0 radical (unpaired) electrons. The van der Waals surface area contributed by atoms with E-state index in [2.05, 4.69) is 98.9 Å². The van der Waals surface area contributed by atoms with Crippen molar-refractivity contribution in [3.05, 3.63) is 85.1 Å². The van der Waals surface area contributed by atoms with E-state index in [1.54, 1.807) is 0 Å². The molecule has 0 fully saturated rings. The number of unbranched alkanes of at least 4 members (excludes halogenated alkanes) is 12. The summed E-state index contributed by atoms with van der Waals surface area (Å²) in [5.74, 6) is -0.630. The quantitative estimate of drug-likeness (QED) is 0.0416. The summed E-state index contributed by atoms with van der Waals surface area (Å²) in [6.07, 6.45) is 53.6. The van der Waals surface area contributed by atoms with E-state index in [1.807, 2.05) is 0 Å². The van der Waals surface area contributed by atoms with Gasteiger partial charge in [-0.2, -0.15) is 0 Å². The lowest BCUT2D eigenvalue weighted by molar-refractivity contribution is -0.161. The molecule has 0 amide bonds. The van der Waals surface area contributed by atoms with Gasteiger partial charge in [0.05, 0.1) is 6.61 Å². The van der Waals surface area contributed by atoms with Crippen molar-refractivity contribution >= 4 is 11.9 Å². The molecule has 0 aliphatic rings. The van der Waals surface area contributed by atoms with Crippen molar-refractivity contribution in [2.45, 2.75) is 168 Å². The number of allylic oxidation sites excluding steroid dienone is 14. The first-order valence-corrected chi connectivity index (χ1v) is 19.6. The zero-order valence-corrected chi connectivity index (χ0v) is 31.4. The van der Waals surface area contributed by atoms with Crippen molar-refractivity contribution < 1.29 is 24.2 Å². The third kappa shape index (κ3) is 37.7. The molecule has 1 N–H and O–H groups in total. The Morgan fingerprint density at radius 3 is 1.35 bits per heavy atom. The van der Waals surface area contributed by atoms with Crippen LogP contribution in [0.25, 0.3) is 0 Å². The van der Waals surface area contributed by atoms with Crippen molar-refractivity contribution in [1.29, 1.82) is 0 Å². The summed E-state index contributed by atoms with van der Waals surface area (Å²) < 4.78 is 10.6. The van der Waals surface area contributed by atoms with Crippen LogP contribution in [-0.2, 0) is 19.1 Å². The predicted molar refractivity (Wildman–Crippen MR) is 209 cm³/mol. The average Bonchev–Trinajstić information content (AvgIpc) is 3.10. The summed E-state index contributed by atoms with van der Waals surface area (Å²) >= 11 is 0. The van der Waals surface area contributed by atoms with Crippen molar-refractivity contribution in [2.24, 2.45) is 0 Å². The maximum Gasteiger partial charge on any atom is 0.306 e. The molecular formula is C44H72O5. The molecule has 5 heteroatoms. The molecule has 0 aromatic heterocycles. The van der Waals surface area contributed by atoms with Gasteiger partial charge in [0.15, 0.2) is 6.10 Å². The molecule has 0 saturated heterocycles. The highest BCUT2D eigenvalue weighted by atomic mass is 16.6. The minimum Gasteiger partial charge on any atom is -0.462 e. The third-order valence-electron chi connectivity index (χ3n) is 7.90. The average molecular weight is 681 g/mol. The number of carbonyl (C=O) groups is 2. The smallest absolute Gasteiger partial charge is 0.306 e. The van der Waals surface area contributed by atoms with Crippen molar-refractivity contribution in [1.82, 2.24) is 0 Å². The third-order valence-corrected chi connectivity index (χ3v) is 7.90. The first kappa shape index (κ1) is 46.1. The van der Waals surface area contributed by atoms with Crippen LogP contribution >= 0.6 is 0 Å². The van der Waals surface area contributed by atoms with Crippen molar-refractivity contribution in [3.8, 4) is 0 Å². The molecule has 1 atom stereocenters. The molecule has 0 saturated carbocycles. The van der Waals surface area contributed by atoms with Gasteiger partial charge < -0.3 is 14.6 Å². The fourth-order valence-electron chi connectivity index (χ4n) is 4.97. The highest BCUT2D eigenvalue weighted by Gasteiger charge is 2.16. The molecule has 5 nitrogen and oxygen atoms in total. The number of ether oxygens (including phenoxy) is 2. The van der Waals surface area contributed by atoms with E-state index in [0.29, 0.717) is 12.8 Å². The van der Waals surface area contributed by atoms with Crippen LogP contribution < -0.4 is 0 Å². The Morgan fingerprint density at radius 2 is 0.878 bits per heavy atom. The molecule has 49 heavy (non-hydrogen) atoms. The van der Waals surface area contributed by atoms with E-state index >= 15 is 0 Å². The number of aliphatic hydroxyl groups excluding tert-OH is 1. The summed E-state index contributed by atoms with van der Waals surface area (Å²) in [5, 5.41) is 9.53. The summed E-state index contributed by atoms with van der Waals surface area (Å²) in [7, 11) is 0. The van der Waals surface area contributed by atoms with Gasteiger partial charge in [-0.3, -0.25) is 9.59 Å². The number of esters is 2. The molecule has 1 unspecified atom stereocenters. The van der Waals surface area contributed by atoms with Crippen LogP contribution in [0.1, 0.15) is 162 Å². The number of carbonyl (C=O) groups excluding carboxylic acids is 2. The van der Waals surface area contributed by atoms with Crippen LogP contribution in [0, 0.1) is 0 Å². The standard InChI is InChI=1S/C44H72O5/c1-3-5-7-9-11-13-15-16-17-18-19-20-21-22-23-24-25-26-27-28-29-31-33-35-37-39-44(47)49-42(40-45)41-48-43(46)38-36-34-32-30-14-12-10-8-6-4-2/h5,7-8,10-11,13,16-17,19-20,22-23,25-26,42,45H,3-4,6,9,12,14-15,18,21,24,27-41H2,1-2H3/b7-5-,10-8-,13-11-,17-16-,20-19-,23-22-,26-25-. The number of aliphatic hydroxyl groups is 1. The maximum atomic E-state index is 12.2. The summed E-state index contributed by atoms with van der Waals surface area (Å²) in [6.45, 7) is 3.92. The van der Waals surface area contributed by atoms with Crippen LogP contribution in [0.5, 0.6) is 0 Å². The first-order chi connectivity index (χ1) is 24.1. The number of rotatable bonds is 34. The summed E-state index contributed by atoms with van der Waals surface area (Å²) in [4.78, 5) is 24.2. The SMILES string of the molecule is CC/C=C\C/C=C\C/C=C\C/C=C\C/C=C\C/C=C\CCCCCCCCC(=O)OC(CO)COC(=O)CCCCCCC/C=C\CCC. The molecule has 0 aliphatic carbocycles. The second-order valence-corrected chi connectivity index (χ2v) is 12.6. The normalized spacial score (nSPS) is 13.1. The van der Waals surface area contributed by atoms with Gasteiger partial charge in [0.1, 0.15) is 6.61 Å². The van der Waals surface area contributed by atoms with Crippen molar-refractivity contribution in [3.63, 3.8) is 0 Å². The van der Waals surface area contributed by atoms with Crippen LogP contribution in [-0.4, -0.2) is 36.4 Å². The molecule has 0 aromatic rings. The van der Waals surface area contributed by atoms with Gasteiger partial charge >= 0.3 is 11.9 Å². The molecule has 278 valence electrons. The summed E-state index contributed by atoms with van der Waals surface area (Å²) in [6, 6.07) is 0. The van der Waals surface area contributed by atoms with E-state index in [1.165, 1.54) is 38.5 Å². The Bertz CT molecular complexity index is 952. The van der Waals surface area contributed by atoms with Gasteiger partial charge in [0.2, 0.25) is 0 Å². The lowest BCUT2D eigenvalue weighted by atomic mass is 10.1. The Labute approximate surface area is 301 Å². The monoisotopic (exact) mass is 681 g/mol. The molecule has 0 spiro atoms. The van der Waals surface area contributed by atoms with E-state index in [0.717, 1.165) is 96.3 Å². The van der Waals surface area contributed by atoms with E-state index in [4.69, 9.17) is 9.47 Å². The molecule has 0 aromatic carbocycles. The highest BCUT2D eigenvalue weighted by Crippen LogP contribution is 2.11. The van der Waals surface area contributed by atoms with Crippen LogP contribution in [0.3, 0.4) is 0 Å². The maximum absolute atomic E-state index is 12.2. The molecule has 0 heterocycles. The van der Waals surface area contributed by atoms with Gasteiger partial charge in [-0.25, -0.2) is 0 Å². The molecule has 0 rings (SSSR count). The Hall–Kier alpha value is -2.92. The highest BCUT2D eigenvalue weighted by molar-refractivity contribution is 5.70. The van der Waals surface area contributed by atoms with Crippen LogP contribution in [0.15, 0.2) is 85.1 Å². The minimum absolute atomic E-state index is 0.0814. The predicted octanol–water partition coefficient (Wildman–Crippen LogP) is 12.3. The van der Waals surface area contributed by atoms with Gasteiger partial charge in [-0.1, -0.05) is 150 Å². The Kier molecular flexibility index (Phi) is 37.2. The molecule has 0 aliphatic heterocycles. The largest absolute Gasteiger partial charge is 0.462 e. The minimum atomic E-state index is -0.786.